The van der Waals surface area contributed by atoms with Crippen LogP contribution in [0.5, 0.6) is 0 Å². The molecule has 0 saturated heterocycles. The first-order valence-corrected chi connectivity index (χ1v) is 17.0. The van der Waals surface area contributed by atoms with Gasteiger partial charge in [-0.1, -0.05) is 60.6 Å². The van der Waals surface area contributed by atoms with Crippen LogP contribution in [0, 0.1) is 0 Å². The molecule has 0 radical (unpaired) electrons. The van der Waals surface area contributed by atoms with Crippen molar-refractivity contribution in [2.45, 2.75) is 91.2 Å². The van der Waals surface area contributed by atoms with Crippen LogP contribution in [0.2, 0.25) is 36.3 Å². The van der Waals surface area contributed by atoms with Gasteiger partial charge in [0.15, 0.2) is 16.6 Å². The molecule has 0 heterocycles. The Morgan fingerprint density at radius 3 is 1.41 bits per heavy atom. The van der Waals surface area contributed by atoms with Crippen LogP contribution in [-0.4, -0.2) is 42.9 Å². The summed E-state index contributed by atoms with van der Waals surface area (Å²) in [4.78, 5) is 2.43. The van der Waals surface area contributed by atoms with E-state index < -0.39 is 16.6 Å². The fourth-order valence-electron chi connectivity index (χ4n) is 2.57. The predicted molar refractivity (Wildman–Crippen MR) is 134 cm³/mol. The molecule has 29 heavy (non-hydrogen) atoms. The molecule has 0 bridgehead atoms. The first-order valence-electron chi connectivity index (χ1n) is 11.2. The molecule has 0 N–H and O–H groups in total. The van der Waals surface area contributed by atoms with Crippen molar-refractivity contribution >= 4 is 22.3 Å². The quantitative estimate of drug-likeness (QED) is 0.364. The summed E-state index contributed by atoms with van der Waals surface area (Å²) in [6, 6.07) is 8.98. The molecule has 1 aromatic carbocycles. The van der Waals surface area contributed by atoms with Gasteiger partial charge in [0.2, 0.25) is 0 Å². The first kappa shape index (κ1) is 26.4. The number of aryl methyl sites for hydroxylation is 1. The number of nitrogens with zero attached hydrogens (tertiary/aromatic N) is 1. The normalized spacial score (nSPS) is 13.6. The lowest BCUT2D eigenvalue weighted by molar-refractivity contribution is 0.276. The molecular weight excluding hydrogens is 390 g/mol. The summed E-state index contributed by atoms with van der Waals surface area (Å²) in [7, 11) is -3.45. The average Bonchev–Trinajstić information content (AvgIpc) is 2.58. The molecule has 0 aliphatic carbocycles. The van der Waals surface area contributed by atoms with Gasteiger partial charge in [0.25, 0.3) is 0 Å². The Hall–Kier alpha value is -0.626. The standard InChI is InChI=1S/C24H47NO2Si2/c1-12-21-13-15-22(16-14-21)25(17-19-26-28(8,9)23(2,3)4)18-20-27-29(10,11)24(5,6)7/h13-16H,12,17-20H2,1-11H3. The minimum atomic E-state index is -1.72. The van der Waals surface area contributed by atoms with Gasteiger partial charge in [-0.2, -0.15) is 0 Å². The summed E-state index contributed by atoms with van der Waals surface area (Å²) < 4.78 is 12.9. The Morgan fingerprint density at radius 1 is 0.724 bits per heavy atom. The van der Waals surface area contributed by atoms with Gasteiger partial charge in [0.1, 0.15) is 0 Å². The van der Waals surface area contributed by atoms with E-state index >= 15 is 0 Å². The van der Waals surface area contributed by atoms with Crippen LogP contribution in [0.25, 0.3) is 0 Å². The van der Waals surface area contributed by atoms with Crippen LogP contribution >= 0.6 is 0 Å². The summed E-state index contributed by atoms with van der Waals surface area (Å²) in [6.07, 6.45) is 1.07. The van der Waals surface area contributed by atoms with Gasteiger partial charge in [-0.05, 0) is 60.4 Å². The van der Waals surface area contributed by atoms with Gasteiger partial charge >= 0.3 is 0 Å². The molecule has 0 aromatic heterocycles. The van der Waals surface area contributed by atoms with Gasteiger partial charge in [-0.25, -0.2) is 0 Å². The molecular formula is C24H47NO2Si2. The number of benzene rings is 1. The minimum Gasteiger partial charge on any atom is -0.415 e. The van der Waals surface area contributed by atoms with Gasteiger partial charge in [-0.3, -0.25) is 0 Å². The molecule has 1 aromatic rings. The number of rotatable bonds is 10. The molecule has 168 valence electrons. The van der Waals surface area contributed by atoms with E-state index in [4.69, 9.17) is 8.85 Å². The van der Waals surface area contributed by atoms with Crippen molar-refractivity contribution in [3.05, 3.63) is 29.8 Å². The monoisotopic (exact) mass is 437 g/mol. The Morgan fingerprint density at radius 2 is 1.10 bits per heavy atom. The van der Waals surface area contributed by atoms with Crippen molar-refractivity contribution in [1.29, 1.82) is 0 Å². The predicted octanol–water partition coefficient (Wildman–Crippen LogP) is 7.10. The van der Waals surface area contributed by atoms with Gasteiger partial charge < -0.3 is 13.8 Å². The molecule has 5 heteroatoms. The van der Waals surface area contributed by atoms with E-state index in [1.165, 1.54) is 11.3 Å². The maximum absolute atomic E-state index is 6.46. The maximum Gasteiger partial charge on any atom is 0.192 e. The minimum absolute atomic E-state index is 0.242. The average molecular weight is 438 g/mol. The van der Waals surface area contributed by atoms with Gasteiger partial charge in [0, 0.05) is 18.8 Å². The molecule has 0 aliphatic rings. The van der Waals surface area contributed by atoms with E-state index in [0.29, 0.717) is 0 Å². The van der Waals surface area contributed by atoms with Crippen LogP contribution in [-0.2, 0) is 15.3 Å². The molecule has 0 unspecified atom stereocenters. The second kappa shape index (κ2) is 10.1. The molecule has 3 nitrogen and oxygen atoms in total. The zero-order valence-corrected chi connectivity index (χ0v) is 23.1. The highest BCUT2D eigenvalue weighted by molar-refractivity contribution is 6.74. The Labute approximate surface area is 183 Å². The van der Waals surface area contributed by atoms with Crippen molar-refractivity contribution in [1.82, 2.24) is 0 Å². The highest BCUT2D eigenvalue weighted by Gasteiger charge is 2.38. The zero-order valence-electron chi connectivity index (χ0n) is 21.1. The smallest absolute Gasteiger partial charge is 0.192 e. The molecule has 0 amide bonds. The van der Waals surface area contributed by atoms with E-state index in [-0.39, 0.29) is 10.1 Å². The lowest BCUT2D eigenvalue weighted by Crippen LogP contribution is -2.44. The lowest BCUT2D eigenvalue weighted by Gasteiger charge is -2.38. The van der Waals surface area contributed by atoms with E-state index in [1.807, 2.05) is 0 Å². The van der Waals surface area contributed by atoms with Crippen LogP contribution < -0.4 is 4.90 Å². The van der Waals surface area contributed by atoms with E-state index in [2.05, 4.69) is 104 Å². The van der Waals surface area contributed by atoms with Crippen LogP contribution in [0.15, 0.2) is 24.3 Å². The second-order valence-electron chi connectivity index (χ2n) is 11.2. The highest BCUT2D eigenvalue weighted by Crippen LogP contribution is 2.37. The van der Waals surface area contributed by atoms with Crippen molar-refractivity contribution in [2.75, 3.05) is 31.2 Å². The number of hydrogen-bond donors (Lipinski definition) is 0. The number of hydrogen-bond acceptors (Lipinski definition) is 3. The molecule has 0 spiro atoms. The van der Waals surface area contributed by atoms with Crippen molar-refractivity contribution < 1.29 is 8.85 Å². The highest BCUT2D eigenvalue weighted by atomic mass is 28.4. The second-order valence-corrected chi connectivity index (χ2v) is 20.8. The topological polar surface area (TPSA) is 21.7 Å². The molecule has 0 aliphatic heterocycles. The van der Waals surface area contributed by atoms with Crippen molar-refractivity contribution in [3.8, 4) is 0 Å². The SMILES string of the molecule is CCc1ccc(N(CCO[Si](C)(C)C(C)(C)C)CCO[Si](C)(C)C(C)(C)C)cc1. The maximum atomic E-state index is 6.46. The lowest BCUT2D eigenvalue weighted by atomic mass is 10.1. The first-order chi connectivity index (χ1) is 13.1. The van der Waals surface area contributed by atoms with E-state index in [0.717, 1.165) is 32.7 Å². The summed E-state index contributed by atoms with van der Waals surface area (Å²) in [5.41, 5.74) is 2.64. The summed E-state index contributed by atoms with van der Waals surface area (Å²) in [5, 5.41) is 0.484. The van der Waals surface area contributed by atoms with Crippen LogP contribution in [0.1, 0.15) is 54.0 Å². The molecule has 0 saturated carbocycles. The third-order valence-corrected chi connectivity index (χ3v) is 16.0. The Kier molecular flexibility index (Phi) is 9.22. The third-order valence-electron chi connectivity index (χ3n) is 6.97. The Bertz CT molecular complexity index is 581. The zero-order chi connectivity index (χ0) is 22.5. The number of anilines is 1. The third kappa shape index (κ3) is 7.85. The fourth-order valence-corrected chi connectivity index (χ4v) is 4.64. The van der Waals surface area contributed by atoms with Crippen molar-refractivity contribution in [2.24, 2.45) is 0 Å². The van der Waals surface area contributed by atoms with Gasteiger partial charge in [0.05, 0.1) is 13.2 Å². The molecule has 0 fully saturated rings. The largest absolute Gasteiger partial charge is 0.415 e. The Balaban J connectivity index is 2.81. The summed E-state index contributed by atoms with van der Waals surface area (Å²) >= 11 is 0. The van der Waals surface area contributed by atoms with Crippen LogP contribution in [0.4, 0.5) is 5.69 Å². The van der Waals surface area contributed by atoms with Gasteiger partial charge in [-0.15, -0.1) is 0 Å². The molecule has 0 atom stereocenters. The summed E-state index contributed by atoms with van der Waals surface area (Å²) in [5.74, 6) is 0. The van der Waals surface area contributed by atoms with E-state index in [9.17, 15) is 0 Å². The fraction of sp³-hybridized carbons (Fsp3) is 0.750. The van der Waals surface area contributed by atoms with Crippen molar-refractivity contribution in [3.63, 3.8) is 0 Å². The summed E-state index contributed by atoms with van der Waals surface area (Å²) in [6.45, 7) is 28.6. The van der Waals surface area contributed by atoms with E-state index in [1.54, 1.807) is 0 Å². The van der Waals surface area contributed by atoms with Crippen LogP contribution in [0.3, 0.4) is 0 Å². The molecule has 1 rings (SSSR count).